The number of hydrogen-bond acceptors (Lipinski definition) is 2. The average molecular weight is 245 g/mol. The summed E-state index contributed by atoms with van der Waals surface area (Å²) in [5.74, 6) is 0. The van der Waals surface area contributed by atoms with Gasteiger partial charge in [0, 0.05) is 23.3 Å². The van der Waals surface area contributed by atoms with Gasteiger partial charge in [-0.2, -0.15) is 0 Å². The molecule has 1 aromatic heterocycles. The van der Waals surface area contributed by atoms with Gasteiger partial charge in [0.1, 0.15) is 0 Å². The summed E-state index contributed by atoms with van der Waals surface area (Å²) in [7, 11) is 0. The highest BCUT2D eigenvalue weighted by Gasteiger charge is 2.18. The monoisotopic (exact) mass is 244 g/mol. The van der Waals surface area contributed by atoms with Gasteiger partial charge in [0.2, 0.25) is 0 Å². The van der Waals surface area contributed by atoms with E-state index in [2.05, 4.69) is 15.9 Å². The molecule has 2 N–H and O–H groups in total. The molecule has 0 aliphatic heterocycles. The summed E-state index contributed by atoms with van der Waals surface area (Å²) in [5, 5.41) is 0. The van der Waals surface area contributed by atoms with Crippen LogP contribution in [0.5, 0.6) is 0 Å². The van der Waals surface area contributed by atoms with Crippen LogP contribution in [0, 0.1) is 0 Å². The predicted molar refractivity (Wildman–Crippen MR) is 56.8 cm³/mol. The topological polar surface area (TPSA) is 48.0 Å². The molecule has 3 nitrogen and oxygen atoms in total. The second kappa shape index (κ2) is 3.64. The van der Waals surface area contributed by atoms with Gasteiger partial charge in [-0.1, -0.05) is 0 Å². The number of hydrogen-bond donors (Lipinski definition) is 1. The van der Waals surface area contributed by atoms with Crippen molar-refractivity contribution in [3.05, 3.63) is 33.2 Å². The Morgan fingerprint density at radius 2 is 2.15 bits per heavy atom. The maximum Gasteiger partial charge on any atom is 0.251 e. The van der Waals surface area contributed by atoms with Crippen LogP contribution in [-0.4, -0.2) is 11.1 Å². The Morgan fingerprint density at radius 1 is 1.54 bits per heavy atom. The Balaban J connectivity index is 3.29. The zero-order valence-electron chi connectivity index (χ0n) is 7.75. The summed E-state index contributed by atoms with van der Waals surface area (Å²) in [4.78, 5) is 11.5. The van der Waals surface area contributed by atoms with Crippen LogP contribution >= 0.6 is 15.9 Å². The molecule has 1 aromatic rings. The molecule has 0 unspecified atom stereocenters. The highest BCUT2D eigenvalue weighted by molar-refractivity contribution is 9.10. The van der Waals surface area contributed by atoms with E-state index in [0.29, 0.717) is 6.54 Å². The fourth-order valence-corrected chi connectivity index (χ4v) is 1.37. The van der Waals surface area contributed by atoms with E-state index in [0.717, 1.165) is 4.47 Å². The molecule has 0 amide bonds. The summed E-state index contributed by atoms with van der Waals surface area (Å²) in [6.45, 7) is 4.30. The Bertz CT molecular complexity index is 357. The molecule has 13 heavy (non-hydrogen) atoms. The summed E-state index contributed by atoms with van der Waals surface area (Å²) in [5.41, 5.74) is 5.22. The molecule has 0 atom stereocenters. The number of nitrogens with two attached hydrogens (primary N) is 1. The number of pyridine rings is 1. The van der Waals surface area contributed by atoms with Crippen molar-refractivity contribution in [1.82, 2.24) is 4.57 Å². The Hall–Kier alpha value is -0.610. The van der Waals surface area contributed by atoms with Crippen molar-refractivity contribution < 1.29 is 0 Å². The highest BCUT2D eigenvalue weighted by Crippen LogP contribution is 2.13. The number of rotatable bonds is 2. The van der Waals surface area contributed by atoms with Gasteiger partial charge in [0.05, 0.1) is 5.54 Å². The summed E-state index contributed by atoms with van der Waals surface area (Å²) >= 11 is 3.32. The van der Waals surface area contributed by atoms with Crippen LogP contribution < -0.4 is 11.3 Å². The Kier molecular flexibility index (Phi) is 2.93. The maximum absolute atomic E-state index is 11.5. The van der Waals surface area contributed by atoms with E-state index in [1.165, 1.54) is 6.07 Å². The van der Waals surface area contributed by atoms with Gasteiger partial charge in [-0.05, 0) is 35.8 Å². The third-order valence-electron chi connectivity index (χ3n) is 2.03. The molecular formula is C9H13BrN2O. The molecule has 4 heteroatoms. The molecule has 0 fully saturated rings. The normalized spacial score (nSPS) is 11.7. The van der Waals surface area contributed by atoms with Gasteiger partial charge >= 0.3 is 0 Å². The highest BCUT2D eigenvalue weighted by atomic mass is 79.9. The van der Waals surface area contributed by atoms with Gasteiger partial charge in [-0.3, -0.25) is 4.79 Å². The largest absolute Gasteiger partial charge is 0.328 e. The van der Waals surface area contributed by atoms with Crippen molar-refractivity contribution in [2.24, 2.45) is 5.73 Å². The van der Waals surface area contributed by atoms with Crippen LogP contribution in [0.1, 0.15) is 13.8 Å². The number of nitrogens with zero attached hydrogens (tertiary/aromatic N) is 1. The van der Waals surface area contributed by atoms with Crippen LogP contribution in [0.15, 0.2) is 27.6 Å². The van der Waals surface area contributed by atoms with Gasteiger partial charge in [0.15, 0.2) is 0 Å². The van der Waals surface area contributed by atoms with Crippen LogP contribution in [-0.2, 0) is 5.54 Å². The zero-order valence-corrected chi connectivity index (χ0v) is 9.34. The third-order valence-corrected chi connectivity index (χ3v) is 2.50. The molecule has 0 saturated heterocycles. The van der Waals surface area contributed by atoms with Crippen molar-refractivity contribution >= 4 is 15.9 Å². The van der Waals surface area contributed by atoms with Gasteiger partial charge in [-0.25, -0.2) is 0 Å². The van der Waals surface area contributed by atoms with E-state index < -0.39 is 0 Å². The lowest BCUT2D eigenvalue weighted by molar-refractivity contribution is 0.355. The minimum Gasteiger partial charge on any atom is -0.328 e. The molecule has 72 valence electrons. The second-order valence-electron chi connectivity index (χ2n) is 3.57. The third kappa shape index (κ3) is 2.19. The quantitative estimate of drug-likeness (QED) is 0.853. The molecule has 0 aromatic carbocycles. The smallest absolute Gasteiger partial charge is 0.251 e. The maximum atomic E-state index is 11.5. The van der Waals surface area contributed by atoms with Crippen LogP contribution in [0.3, 0.4) is 0 Å². The number of halogens is 1. The first-order valence-electron chi connectivity index (χ1n) is 4.06. The standard InChI is InChI=1S/C9H13BrN2O/c1-9(2,6-11)12-5-7(10)3-4-8(12)13/h3-5H,6,11H2,1-2H3. The minimum absolute atomic E-state index is 0.0290. The predicted octanol–water partition coefficient (Wildman–Crippen LogP) is 1.30. The minimum atomic E-state index is -0.332. The van der Waals surface area contributed by atoms with E-state index >= 15 is 0 Å². The summed E-state index contributed by atoms with van der Waals surface area (Å²) in [6, 6.07) is 3.26. The van der Waals surface area contributed by atoms with E-state index in [4.69, 9.17) is 5.73 Å². The van der Waals surface area contributed by atoms with Crippen molar-refractivity contribution in [3.8, 4) is 0 Å². The average Bonchev–Trinajstić information content (AvgIpc) is 2.09. The first-order chi connectivity index (χ1) is 5.97. The lowest BCUT2D eigenvalue weighted by Gasteiger charge is -2.25. The summed E-state index contributed by atoms with van der Waals surface area (Å²) in [6.07, 6.45) is 1.76. The fourth-order valence-electron chi connectivity index (χ4n) is 1.03. The van der Waals surface area contributed by atoms with Crippen molar-refractivity contribution in [2.45, 2.75) is 19.4 Å². The van der Waals surface area contributed by atoms with E-state index in [-0.39, 0.29) is 11.1 Å². The fraction of sp³-hybridized carbons (Fsp3) is 0.444. The molecular weight excluding hydrogens is 232 g/mol. The molecule has 1 heterocycles. The van der Waals surface area contributed by atoms with Crippen molar-refractivity contribution in [1.29, 1.82) is 0 Å². The SMILES string of the molecule is CC(C)(CN)n1cc(Br)ccc1=O. The number of aromatic nitrogens is 1. The molecule has 0 aliphatic rings. The zero-order chi connectivity index (χ0) is 10.1. The lowest BCUT2D eigenvalue weighted by Crippen LogP contribution is -2.41. The molecule has 0 bridgehead atoms. The Labute approximate surface area is 85.7 Å². The molecule has 1 rings (SSSR count). The van der Waals surface area contributed by atoms with Crippen molar-refractivity contribution in [2.75, 3.05) is 6.54 Å². The van der Waals surface area contributed by atoms with Crippen molar-refractivity contribution in [3.63, 3.8) is 0 Å². The molecule has 0 aliphatic carbocycles. The first kappa shape index (κ1) is 10.5. The lowest BCUT2D eigenvalue weighted by atomic mass is 10.1. The second-order valence-corrected chi connectivity index (χ2v) is 4.49. The Morgan fingerprint density at radius 3 is 2.69 bits per heavy atom. The van der Waals surface area contributed by atoms with Gasteiger partial charge < -0.3 is 10.3 Å². The van der Waals surface area contributed by atoms with E-state index in [9.17, 15) is 4.79 Å². The van der Waals surface area contributed by atoms with Gasteiger partial charge in [0.25, 0.3) is 5.56 Å². The first-order valence-corrected chi connectivity index (χ1v) is 4.85. The van der Waals surface area contributed by atoms with Gasteiger partial charge in [-0.15, -0.1) is 0 Å². The summed E-state index contributed by atoms with van der Waals surface area (Å²) < 4.78 is 2.52. The van der Waals surface area contributed by atoms with E-state index in [1.54, 1.807) is 16.8 Å². The molecule has 0 spiro atoms. The van der Waals surface area contributed by atoms with Crippen LogP contribution in [0.2, 0.25) is 0 Å². The molecule has 0 saturated carbocycles. The van der Waals surface area contributed by atoms with E-state index in [1.807, 2.05) is 13.8 Å². The van der Waals surface area contributed by atoms with Crippen LogP contribution in [0.4, 0.5) is 0 Å². The van der Waals surface area contributed by atoms with Crippen LogP contribution in [0.25, 0.3) is 0 Å². The molecule has 0 radical (unpaired) electrons.